The summed E-state index contributed by atoms with van der Waals surface area (Å²) in [6.07, 6.45) is 0. The van der Waals surface area contributed by atoms with Crippen LogP contribution >= 0.6 is 27.5 Å². The summed E-state index contributed by atoms with van der Waals surface area (Å²) in [4.78, 5) is 0. The Morgan fingerprint density at radius 2 is 1.65 bits per heavy atom. The smallest absolute Gasteiger partial charge is 0.142 e. The van der Waals surface area contributed by atoms with E-state index in [1.807, 2.05) is 42.5 Å². The molecule has 100 valence electrons. The lowest BCUT2D eigenvalue weighted by molar-refractivity contribution is 0.480. The number of ether oxygens (including phenoxy) is 1. The Bertz CT molecular complexity index is 738. The highest BCUT2D eigenvalue weighted by Crippen LogP contribution is 2.35. The highest BCUT2D eigenvalue weighted by molar-refractivity contribution is 9.10. The molecule has 3 rings (SSSR count). The van der Waals surface area contributed by atoms with Gasteiger partial charge in [0.2, 0.25) is 0 Å². The van der Waals surface area contributed by atoms with Crippen molar-refractivity contribution in [2.45, 2.75) is 5.88 Å². The highest BCUT2D eigenvalue weighted by Gasteiger charge is 2.07. The van der Waals surface area contributed by atoms with Crippen LogP contribution in [0.3, 0.4) is 0 Å². The number of rotatable bonds is 3. The number of halogens is 2. The molecule has 1 nitrogen and oxygen atoms in total. The maximum absolute atomic E-state index is 5.93. The predicted octanol–water partition coefficient (Wildman–Crippen LogP) is 6.13. The normalized spacial score (nSPS) is 10.7. The number of alkyl halides is 1. The first-order valence-corrected chi connectivity index (χ1v) is 7.60. The summed E-state index contributed by atoms with van der Waals surface area (Å²) in [7, 11) is 0. The SMILES string of the molecule is ClCc1ccc(Oc2ccc3ccccc3c2Br)cc1. The summed E-state index contributed by atoms with van der Waals surface area (Å²) in [5, 5.41) is 2.33. The van der Waals surface area contributed by atoms with Crippen molar-refractivity contribution in [3.8, 4) is 11.5 Å². The van der Waals surface area contributed by atoms with Gasteiger partial charge in [0.25, 0.3) is 0 Å². The molecular weight excluding hydrogens is 336 g/mol. The van der Waals surface area contributed by atoms with Crippen LogP contribution in [0.1, 0.15) is 5.56 Å². The molecule has 0 spiro atoms. The lowest BCUT2D eigenvalue weighted by atomic mass is 10.1. The van der Waals surface area contributed by atoms with Crippen LogP contribution in [-0.4, -0.2) is 0 Å². The van der Waals surface area contributed by atoms with Crippen molar-refractivity contribution in [2.75, 3.05) is 0 Å². The molecule has 0 aliphatic carbocycles. The summed E-state index contributed by atoms with van der Waals surface area (Å²) in [6, 6.07) is 20.0. The van der Waals surface area contributed by atoms with E-state index in [9.17, 15) is 0 Å². The van der Waals surface area contributed by atoms with E-state index in [-0.39, 0.29) is 0 Å². The Labute approximate surface area is 131 Å². The lowest BCUT2D eigenvalue weighted by Gasteiger charge is -2.10. The molecule has 0 saturated heterocycles. The molecule has 0 aromatic heterocycles. The fourth-order valence-corrected chi connectivity index (χ4v) is 2.82. The van der Waals surface area contributed by atoms with E-state index >= 15 is 0 Å². The zero-order chi connectivity index (χ0) is 13.9. The van der Waals surface area contributed by atoms with Crippen molar-refractivity contribution in [1.82, 2.24) is 0 Å². The number of hydrogen-bond acceptors (Lipinski definition) is 1. The standard InChI is InChI=1S/C17H12BrClO/c18-17-15-4-2-1-3-13(15)7-10-16(17)20-14-8-5-12(11-19)6-9-14/h1-10H,11H2. The number of benzene rings is 3. The van der Waals surface area contributed by atoms with Gasteiger partial charge in [-0.3, -0.25) is 0 Å². The summed E-state index contributed by atoms with van der Waals surface area (Å²) in [5.74, 6) is 2.12. The van der Waals surface area contributed by atoms with E-state index in [1.165, 1.54) is 5.39 Å². The van der Waals surface area contributed by atoms with Crippen molar-refractivity contribution in [2.24, 2.45) is 0 Å². The number of hydrogen-bond donors (Lipinski definition) is 0. The largest absolute Gasteiger partial charge is 0.456 e. The van der Waals surface area contributed by atoms with Gasteiger partial charge in [-0.25, -0.2) is 0 Å². The highest BCUT2D eigenvalue weighted by atomic mass is 79.9. The molecule has 0 radical (unpaired) electrons. The quantitative estimate of drug-likeness (QED) is 0.518. The van der Waals surface area contributed by atoms with Gasteiger partial charge in [-0.1, -0.05) is 42.5 Å². The van der Waals surface area contributed by atoms with Crippen LogP contribution in [-0.2, 0) is 5.88 Å². The summed E-state index contributed by atoms with van der Waals surface area (Å²) in [6.45, 7) is 0. The van der Waals surface area contributed by atoms with E-state index in [1.54, 1.807) is 0 Å². The Hall–Kier alpha value is -1.51. The summed E-state index contributed by atoms with van der Waals surface area (Å²) >= 11 is 9.40. The minimum absolute atomic E-state index is 0.514. The minimum Gasteiger partial charge on any atom is -0.456 e. The Morgan fingerprint density at radius 3 is 2.40 bits per heavy atom. The van der Waals surface area contributed by atoms with Gasteiger partial charge in [0.05, 0.1) is 4.47 Å². The topological polar surface area (TPSA) is 9.23 Å². The molecule has 0 aliphatic rings. The third-order valence-electron chi connectivity index (χ3n) is 3.13. The Balaban J connectivity index is 1.95. The van der Waals surface area contributed by atoms with Crippen molar-refractivity contribution in [3.05, 3.63) is 70.7 Å². The molecule has 0 atom stereocenters. The van der Waals surface area contributed by atoms with Gasteiger partial charge in [-0.2, -0.15) is 0 Å². The monoisotopic (exact) mass is 346 g/mol. The summed E-state index contributed by atoms with van der Waals surface area (Å²) in [5.41, 5.74) is 1.08. The average Bonchev–Trinajstić information content (AvgIpc) is 2.51. The second-order valence-electron chi connectivity index (χ2n) is 4.48. The third-order valence-corrected chi connectivity index (χ3v) is 4.26. The summed E-state index contributed by atoms with van der Waals surface area (Å²) < 4.78 is 6.90. The minimum atomic E-state index is 0.514. The van der Waals surface area contributed by atoms with Crippen LogP contribution in [0.2, 0.25) is 0 Å². The molecule has 3 heteroatoms. The molecule has 0 saturated carbocycles. The van der Waals surface area contributed by atoms with Crippen molar-refractivity contribution >= 4 is 38.3 Å². The van der Waals surface area contributed by atoms with Crippen LogP contribution in [0.5, 0.6) is 11.5 Å². The zero-order valence-corrected chi connectivity index (χ0v) is 13.0. The van der Waals surface area contributed by atoms with Gasteiger partial charge in [0.15, 0.2) is 0 Å². The average molecular weight is 348 g/mol. The van der Waals surface area contributed by atoms with E-state index in [4.69, 9.17) is 16.3 Å². The molecule has 0 amide bonds. The molecule has 0 aliphatic heterocycles. The molecule has 0 unspecified atom stereocenters. The van der Waals surface area contributed by atoms with Gasteiger partial charge in [-0.05, 0) is 50.5 Å². The second-order valence-corrected chi connectivity index (χ2v) is 5.54. The van der Waals surface area contributed by atoms with E-state index in [2.05, 4.69) is 34.1 Å². The Kier molecular flexibility index (Phi) is 3.95. The van der Waals surface area contributed by atoms with Crippen LogP contribution < -0.4 is 4.74 Å². The second kappa shape index (κ2) is 5.86. The fraction of sp³-hybridized carbons (Fsp3) is 0.0588. The van der Waals surface area contributed by atoms with Gasteiger partial charge < -0.3 is 4.74 Å². The van der Waals surface area contributed by atoms with E-state index in [0.717, 1.165) is 26.9 Å². The first kappa shape index (κ1) is 13.5. The van der Waals surface area contributed by atoms with Gasteiger partial charge >= 0.3 is 0 Å². The predicted molar refractivity (Wildman–Crippen MR) is 87.7 cm³/mol. The molecule has 0 bridgehead atoms. The van der Waals surface area contributed by atoms with Crippen LogP contribution in [0.15, 0.2) is 65.1 Å². The van der Waals surface area contributed by atoms with Crippen LogP contribution in [0.4, 0.5) is 0 Å². The van der Waals surface area contributed by atoms with Gasteiger partial charge in [-0.15, -0.1) is 11.6 Å². The molecule has 0 N–H and O–H groups in total. The molecule has 3 aromatic rings. The van der Waals surface area contributed by atoms with Crippen LogP contribution in [0.25, 0.3) is 10.8 Å². The molecule has 3 aromatic carbocycles. The maximum atomic E-state index is 5.93. The molecule has 20 heavy (non-hydrogen) atoms. The number of fused-ring (bicyclic) bond motifs is 1. The van der Waals surface area contributed by atoms with Gasteiger partial charge in [0, 0.05) is 5.88 Å². The molecule has 0 heterocycles. The molecule has 0 fully saturated rings. The maximum Gasteiger partial charge on any atom is 0.142 e. The third kappa shape index (κ3) is 2.67. The van der Waals surface area contributed by atoms with E-state index in [0.29, 0.717) is 5.88 Å². The lowest BCUT2D eigenvalue weighted by Crippen LogP contribution is -1.87. The zero-order valence-electron chi connectivity index (χ0n) is 10.6. The van der Waals surface area contributed by atoms with Gasteiger partial charge in [0.1, 0.15) is 11.5 Å². The van der Waals surface area contributed by atoms with Crippen molar-refractivity contribution in [1.29, 1.82) is 0 Å². The first-order chi connectivity index (χ1) is 9.78. The van der Waals surface area contributed by atoms with Crippen molar-refractivity contribution < 1.29 is 4.74 Å². The van der Waals surface area contributed by atoms with Crippen molar-refractivity contribution in [3.63, 3.8) is 0 Å². The molecular formula is C17H12BrClO. The van der Waals surface area contributed by atoms with Crippen LogP contribution in [0, 0.1) is 0 Å². The fourth-order valence-electron chi connectivity index (χ4n) is 2.07. The first-order valence-electron chi connectivity index (χ1n) is 6.28. The Morgan fingerprint density at radius 1 is 0.900 bits per heavy atom. The van der Waals surface area contributed by atoms with E-state index < -0.39 is 0 Å².